The molecule has 0 saturated heterocycles. The smallest absolute Gasteiger partial charge is 0.259 e. The molecule has 0 saturated carbocycles. The number of phenolic OH excluding ortho intramolecular Hbond substituents is 2. The summed E-state index contributed by atoms with van der Waals surface area (Å²) in [5.74, 6) is -1.24. The topological polar surface area (TPSA) is 69.6 Å². The largest absolute Gasteiger partial charge is 0.504 e. The Kier molecular flexibility index (Phi) is 3.76. The van der Waals surface area contributed by atoms with Crippen molar-refractivity contribution in [2.24, 2.45) is 0 Å². The summed E-state index contributed by atoms with van der Waals surface area (Å²) in [7, 11) is 0. The molecule has 0 aromatic heterocycles. The fourth-order valence-corrected chi connectivity index (χ4v) is 2.01. The molecule has 98 valence electrons. The number of nitrogens with one attached hydrogen (secondary N) is 1. The Bertz CT molecular complexity index is 641. The van der Waals surface area contributed by atoms with Gasteiger partial charge in [-0.15, -0.1) is 0 Å². The number of benzene rings is 2. The molecule has 0 aliphatic heterocycles. The van der Waals surface area contributed by atoms with Crippen LogP contribution in [0.3, 0.4) is 0 Å². The number of hydrogen-bond donors (Lipinski definition) is 3. The Morgan fingerprint density at radius 1 is 1.16 bits per heavy atom. The molecule has 3 N–H and O–H groups in total. The van der Waals surface area contributed by atoms with Gasteiger partial charge in [0.05, 0.1) is 11.3 Å². The molecule has 0 atom stereocenters. The summed E-state index contributed by atoms with van der Waals surface area (Å²) in [6, 6.07) is 9.72. The molecule has 0 fully saturated rings. The van der Waals surface area contributed by atoms with E-state index in [-0.39, 0.29) is 11.3 Å². The highest BCUT2D eigenvalue weighted by Crippen LogP contribution is 2.30. The van der Waals surface area contributed by atoms with E-state index < -0.39 is 11.7 Å². The fourth-order valence-electron chi connectivity index (χ4n) is 1.65. The Balaban J connectivity index is 2.31. The summed E-state index contributed by atoms with van der Waals surface area (Å²) in [6.45, 7) is 1.91. The van der Waals surface area contributed by atoms with Gasteiger partial charge < -0.3 is 15.5 Å². The van der Waals surface area contributed by atoms with Crippen molar-refractivity contribution in [3.63, 3.8) is 0 Å². The van der Waals surface area contributed by atoms with Crippen molar-refractivity contribution in [2.45, 2.75) is 6.92 Å². The van der Waals surface area contributed by atoms with E-state index in [1.54, 1.807) is 6.07 Å². The molecule has 0 bridgehead atoms. The maximum atomic E-state index is 12.0. The highest BCUT2D eigenvalue weighted by molar-refractivity contribution is 9.10. The molecule has 0 unspecified atom stereocenters. The van der Waals surface area contributed by atoms with Crippen LogP contribution in [0.2, 0.25) is 0 Å². The summed E-state index contributed by atoms with van der Waals surface area (Å²) in [5, 5.41) is 21.7. The Morgan fingerprint density at radius 3 is 2.58 bits per heavy atom. The summed E-state index contributed by atoms with van der Waals surface area (Å²) in [6.07, 6.45) is 0. The van der Waals surface area contributed by atoms with Gasteiger partial charge in [0.25, 0.3) is 5.91 Å². The number of carbonyl (C=O) groups excluding carboxylic acids is 1. The molecule has 0 spiro atoms. The highest BCUT2D eigenvalue weighted by atomic mass is 79.9. The summed E-state index contributed by atoms with van der Waals surface area (Å²) in [4.78, 5) is 12.0. The molecule has 0 heterocycles. The number of amides is 1. The molecular formula is C14H12BrNO3. The fraction of sp³-hybridized carbons (Fsp3) is 0.0714. The van der Waals surface area contributed by atoms with Crippen molar-refractivity contribution in [2.75, 3.05) is 5.32 Å². The predicted octanol–water partition coefficient (Wildman–Crippen LogP) is 3.42. The van der Waals surface area contributed by atoms with Crippen LogP contribution in [0.15, 0.2) is 40.9 Å². The molecule has 2 aromatic carbocycles. The molecule has 4 nitrogen and oxygen atoms in total. The number of anilines is 1. The number of halogens is 1. The maximum absolute atomic E-state index is 12.0. The molecule has 2 rings (SSSR count). The van der Waals surface area contributed by atoms with E-state index in [0.717, 1.165) is 10.0 Å². The number of rotatable bonds is 2. The van der Waals surface area contributed by atoms with Crippen molar-refractivity contribution >= 4 is 27.5 Å². The van der Waals surface area contributed by atoms with E-state index in [0.29, 0.717) is 5.69 Å². The van der Waals surface area contributed by atoms with Gasteiger partial charge in [0.2, 0.25) is 0 Å². The minimum Gasteiger partial charge on any atom is -0.504 e. The summed E-state index contributed by atoms with van der Waals surface area (Å²) >= 11 is 3.39. The van der Waals surface area contributed by atoms with Gasteiger partial charge in [-0.25, -0.2) is 0 Å². The van der Waals surface area contributed by atoms with E-state index in [1.807, 2.05) is 19.1 Å². The first-order valence-corrected chi connectivity index (χ1v) is 6.37. The van der Waals surface area contributed by atoms with Crippen molar-refractivity contribution in [1.29, 1.82) is 0 Å². The third-order valence-electron chi connectivity index (χ3n) is 2.70. The van der Waals surface area contributed by atoms with Gasteiger partial charge in [-0.2, -0.15) is 0 Å². The number of phenols is 2. The third-order valence-corrected chi connectivity index (χ3v) is 3.75. The van der Waals surface area contributed by atoms with Crippen LogP contribution in [0.1, 0.15) is 15.9 Å². The molecule has 0 radical (unpaired) electrons. The number of carbonyl (C=O) groups is 1. The molecule has 0 aliphatic carbocycles. The van der Waals surface area contributed by atoms with Crippen molar-refractivity contribution < 1.29 is 15.0 Å². The average Bonchev–Trinajstić information content (AvgIpc) is 2.38. The lowest BCUT2D eigenvalue weighted by molar-refractivity contribution is 0.102. The second-order valence-electron chi connectivity index (χ2n) is 4.06. The predicted molar refractivity (Wildman–Crippen MR) is 76.6 cm³/mol. The molecular weight excluding hydrogens is 310 g/mol. The SMILES string of the molecule is Cc1cccc(NC(=O)c2cccc(O)c2O)c1Br. The zero-order valence-corrected chi connectivity index (χ0v) is 11.7. The lowest BCUT2D eigenvalue weighted by Gasteiger charge is -2.10. The molecule has 1 amide bonds. The van der Waals surface area contributed by atoms with Crippen molar-refractivity contribution in [3.8, 4) is 11.5 Å². The van der Waals surface area contributed by atoms with Crippen LogP contribution in [0.5, 0.6) is 11.5 Å². The minimum atomic E-state index is -0.486. The van der Waals surface area contributed by atoms with E-state index >= 15 is 0 Å². The number of aromatic hydroxyl groups is 2. The van der Waals surface area contributed by atoms with Crippen molar-refractivity contribution in [3.05, 3.63) is 52.0 Å². The van der Waals surface area contributed by atoms with Crippen LogP contribution in [0.4, 0.5) is 5.69 Å². The van der Waals surface area contributed by atoms with E-state index in [4.69, 9.17) is 0 Å². The van der Waals surface area contributed by atoms with Gasteiger partial charge in [0, 0.05) is 4.47 Å². The number of hydrogen-bond acceptors (Lipinski definition) is 3. The van der Waals surface area contributed by atoms with Crippen LogP contribution in [0, 0.1) is 6.92 Å². The quantitative estimate of drug-likeness (QED) is 0.742. The van der Waals surface area contributed by atoms with Gasteiger partial charge in [-0.3, -0.25) is 4.79 Å². The monoisotopic (exact) mass is 321 g/mol. The normalized spacial score (nSPS) is 10.2. The lowest BCUT2D eigenvalue weighted by atomic mass is 10.1. The standard InChI is InChI=1S/C14H12BrNO3/c1-8-4-2-6-10(12(8)15)16-14(19)9-5-3-7-11(17)13(9)18/h2-7,17-18H,1H3,(H,16,19). The first kappa shape index (κ1) is 13.4. The van der Waals surface area contributed by atoms with Crippen LogP contribution in [-0.4, -0.2) is 16.1 Å². The Labute approximate surface area is 118 Å². The first-order chi connectivity index (χ1) is 9.00. The van der Waals surface area contributed by atoms with E-state index in [9.17, 15) is 15.0 Å². The van der Waals surface area contributed by atoms with Gasteiger partial charge in [-0.05, 0) is 46.6 Å². The summed E-state index contributed by atoms with van der Waals surface area (Å²) in [5.41, 5.74) is 1.61. The average molecular weight is 322 g/mol. The van der Waals surface area contributed by atoms with Crippen LogP contribution in [-0.2, 0) is 0 Å². The first-order valence-electron chi connectivity index (χ1n) is 5.58. The van der Waals surface area contributed by atoms with Gasteiger partial charge >= 0.3 is 0 Å². The highest BCUT2D eigenvalue weighted by Gasteiger charge is 2.15. The maximum Gasteiger partial charge on any atom is 0.259 e. The van der Waals surface area contributed by atoms with Gasteiger partial charge in [0.15, 0.2) is 11.5 Å². The Morgan fingerprint density at radius 2 is 1.84 bits per heavy atom. The zero-order chi connectivity index (χ0) is 14.0. The minimum absolute atomic E-state index is 0.0217. The number of para-hydroxylation sites is 1. The second kappa shape index (κ2) is 5.32. The van der Waals surface area contributed by atoms with Crippen LogP contribution < -0.4 is 5.32 Å². The summed E-state index contributed by atoms with van der Waals surface area (Å²) < 4.78 is 0.781. The Hall–Kier alpha value is -2.01. The lowest BCUT2D eigenvalue weighted by Crippen LogP contribution is -2.12. The van der Waals surface area contributed by atoms with Crippen molar-refractivity contribution in [1.82, 2.24) is 0 Å². The zero-order valence-electron chi connectivity index (χ0n) is 10.1. The third kappa shape index (κ3) is 2.71. The van der Waals surface area contributed by atoms with Gasteiger partial charge in [-0.1, -0.05) is 18.2 Å². The van der Waals surface area contributed by atoms with Gasteiger partial charge in [0.1, 0.15) is 0 Å². The van der Waals surface area contributed by atoms with Crippen LogP contribution >= 0.6 is 15.9 Å². The van der Waals surface area contributed by atoms with E-state index in [1.165, 1.54) is 18.2 Å². The van der Waals surface area contributed by atoms with E-state index in [2.05, 4.69) is 21.2 Å². The molecule has 0 aliphatic rings. The molecule has 2 aromatic rings. The second-order valence-corrected chi connectivity index (χ2v) is 4.86. The number of aryl methyl sites for hydroxylation is 1. The molecule has 19 heavy (non-hydrogen) atoms. The molecule has 5 heteroatoms. The van der Waals surface area contributed by atoms with Crippen LogP contribution in [0.25, 0.3) is 0 Å².